The lowest BCUT2D eigenvalue weighted by Crippen LogP contribution is -1.96. The highest BCUT2D eigenvalue weighted by Crippen LogP contribution is 2.17. The van der Waals surface area contributed by atoms with E-state index in [1.54, 1.807) is 6.92 Å². The fourth-order valence-electron chi connectivity index (χ4n) is 0.725. The van der Waals surface area contributed by atoms with Crippen LogP contribution in [0.1, 0.15) is 5.56 Å². The Balaban J connectivity index is 3.23. The fourth-order valence-corrected chi connectivity index (χ4v) is 0.725. The predicted octanol–water partition coefficient (Wildman–Crippen LogP) is 0.880. The molecule has 0 fully saturated rings. The summed E-state index contributed by atoms with van der Waals surface area (Å²) in [6, 6.07) is 1.25. The number of aryl methyl sites for hydroxylation is 1. The second kappa shape index (κ2) is 2.53. The van der Waals surface area contributed by atoms with Gasteiger partial charge in [-0.15, -0.1) is 0 Å². The maximum Gasteiger partial charge on any atom is 0.277 e. The van der Waals surface area contributed by atoms with E-state index in [-0.39, 0.29) is 11.5 Å². The maximum atomic E-state index is 10.3. The molecule has 2 N–H and O–H groups in total. The van der Waals surface area contributed by atoms with Gasteiger partial charge in [0.25, 0.3) is 5.69 Å². The van der Waals surface area contributed by atoms with Crippen LogP contribution in [0.25, 0.3) is 0 Å². The summed E-state index contributed by atoms with van der Waals surface area (Å²) in [7, 11) is 0. The van der Waals surface area contributed by atoms with E-state index >= 15 is 0 Å². The van der Waals surface area contributed by atoms with Crippen molar-refractivity contribution in [3.8, 4) is 0 Å². The van der Waals surface area contributed by atoms with Gasteiger partial charge in [-0.1, -0.05) is 0 Å². The first-order valence-corrected chi connectivity index (χ1v) is 2.98. The summed E-state index contributed by atoms with van der Waals surface area (Å²) >= 11 is 0. The van der Waals surface area contributed by atoms with Gasteiger partial charge in [0.05, 0.1) is 11.0 Å². The first kappa shape index (κ1) is 7.46. The molecule has 0 aliphatic carbocycles. The Morgan fingerprint density at radius 1 is 1.73 bits per heavy atom. The maximum absolute atomic E-state index is 10.3. The number of nitrogens with two attached hydrogens (primary N) is 1. The molecule has 0 aliphatic heterocycles. The van der Waals surface area contributed by atoms with E-state index < -0.39 is 4.92 Å². The molecule has 0 spiro atoms. The summed E-state index contributed by atoms with van der Waals surface area (Å²) in [5.74, 6) is 0.169. The molecule has 0 unspecified atom stereocenters. The van der Waals surface area contributed by atoms with Crippen molar-refractivity contribution in [2.45, 2.75) is 6.92 Å². The topological polar surface area (TPSA) is 82.0 Å². The zero-order chi connectivity index (χ0) is 8.43. The van der Waals surface area contributed by atoms with E-state index in [1.165, 1.54) is 12.3 Å². The van der Waals surface area contributed by atoms with Crippen LogP contribution in [0.4, 0.5) is 11.5 Å². The monoisotopic (exact) mass is 153 g/mol. The third-order valence-corrected chi connectivity index (χ3v) is 1.29. The Morgan fingerprint density at radius 2 is 2.36 bits per heavy atom. The highest BCUT2D eigenvalue weighted by Gasteiger charge is 2.09. The first-order chi connectivity index (χ1) is 5.11. The molecule has 0 aliphatic rings. The van der Waals surface area contributed by atoms with Gasteiger partial charge in [0, 0.05) is 11.8 Å². The lowest BCUT2D eigenvalue weighted by Gasteiger charge is -1.95. The molecule has 0 atom stereocenters. The van der Waals surface area contributed by atoms with Crippen molar-refractivity contribution in [1.82, 2.24) is 4.98 Å². The molecule has 0 amide bonds. The van der Waals surface area contributed by atoms with Crippen LogP contribution in [0.3, 0.4) is 0 Å². The van der Waals surface area contributed by atoms with Gasteiger partial charge in [-0.3, -0.25) is 10.1 Å². The van der Waals surface area contributed by atoms with E-state index in [0.29, 0.717) is 5.56 Å². The Hall–Kier alpha value is -1.65. The summed E-state index contributed by atoms with van der Waals surface area (Å²) in [6.45, 7) is 1.62. The van der Waals surface area contributed by atoms with Gasteiger partial charge >= 0.3 is 0 Å². The molecular formula is C6H7N3O2. The van der Waals surface area contributed by atoms with Crippen LogP contribution in [0.2, 0.25) is 0 Å². The molecule has 1 aromatic rings. The van der Waals surface area contributed by atoms with Gasteiger partial charge in [-0.05, 0) is 6.92 Å². The van der Waals surface area contributed by atoms with Crippen molar-refractivity contribution in [2.24, 2.45) is 0 Å². The van der Waals surface area contributed by atoms with E-state index in [0.717, 1.165) is 0 Å². The Labute approximate surface area is 63.0 Å². The number of nitrogen functional groups attached to an aromatic ring is 1. The van der Waals surface area contributed by atoms with E-state index in [1.807, 2.05) is 0 Å². The second-order valence-corrected chi connectivity index (χ2v) is 2.15. The molecular weight excluding hydrogens is 146 g/mol. The lowest BCUT2D eigenvalue weighted by molar-refractivity contribution is -0.385. The number of anilines is 1. The Morgan fingerprint density at radius 3 is 2.82 bits per heavy atom. The van der Waals surface area contributed by atoms with Crippen molar-refractivity contribution in [3.05, 3.63) is 27.9 Å². The minimum absolute atomic E-state index is 0.0116. The minimum atomic E-state index is -0.479. The zero-order valence-electron chi connectivity index (χ0n) is 5.94. The van der Waals surface area contributed by atoms with E-state index in [9.17, 15) is 10.1 Å². The molecule has 58 valence electrons. The van der Waals surface area contributed by atoms with Crippen LogP contribution in [-0.4, -0.2) is 9.91 Å². The highest BCUT2D eigenvalue weighted by atomic mass is 16.6. The molecule has 5 heteroatoms. The summed E-state index contributed by atoms with van der Waals surface area (Å²) in [6.07, 6.45) is 1.38. The van der Waals surface area contributed by atoms with Crippen LogP contribution in [0.15, 0.2) is 12.3 Å². The molecule has 0 saturated heterocycles. The van der Waals surface area contributed by atoms with E-state index in [2.05, 4.69) is 4.98 Å². The number of aromatic nitrogens is 1. The summed E-state index contributed by atoms with van der Waals surface area (Å²) < 4.78 is 0. The summed E-state index contributed by atoms with van der Waals surface area (Å²) in [5.41, 5.74) is 5.78. The number of hydrogen-bond acceptors (Lipinski definition) is 4. The largest absolute Gasteiger partial charge is 0.383 e. The molecule has 1 rings (SSSR count). The molecule has 0 saturated carbocycles. The quantitative estimate of drug-likeness (QED) is 0.479. The van der Waals surface area contributed by atoms with Gasteiger partial charge in [-0.25, -0.2) is 4.98 Å². The average molecular weight is 153 g/mol. The number of pyridine rings is 1. The van der Waals surface area contributed by atoms with Crippen molar-refractivity contribution in [1.29, 1.82) is 0 Å². The molecule has 11 heavy (non-hydrogen) atoms. The number of rotatable bonds is 1. The van der Waals surface area contributed by atoms with Gasteiger partial charge in [0.1, 0.15) is 5.82 Å². The highest BCUT2D eigenvalue weighted by molar-refractivity contribution is 5.46. The minimum Gasteiger partial charge on any atom is -0.383 e. The van der Waals surface area contributed by atoms with Gasteiger partial charge < -0.3 is 5.73 Å². The predicted molar refractivity (Wildman–Crippen MR) is 40.0 cm³/mol. The number of nitro groups is 1. The fraction of sp³-hybridized carbons (Fsp3) is 0.167. The Kier molecular flexibility index (Phi) is 1.72. The van der Waals surface area contributed by atoms with E-state index in [4.69, 9.17) is 5.73 Å². The zero-order valence-corrected chi connectivity index (χ0v) is 5.94. The Bertz CT molecular complexity index is 298. The SMILES string of the molecule is Cc1cnc(N)cc1[N+](=O)[O-]. The van der Waals surface area contributed by atoms with Crippen molar-refractivity contribution in [2.75, 3.05) is 5.73 Å². The van der Waals surface area contributed by atoms with Gasteiger partial charge in [0.15, 0.2) is 0 Å². The first-order valence-electron chi connectivity index (χ1n) is 2.98. The summed E-state index contributed by atoms with van der Waals surface area (Å²) in [4.78, 5) is 13.5. The van der Waals surface area contributed by atoms with Crippen molar-refractivity contribution >= 4 is 11.5 Å². The standard InChI is InChI=1S/C6H7N3O2/c1-4-3-8-6(7)2-5(4)9(10)11/h2-3H,1H3,(H2,7,8). The molecule has 1 aromatic heterocycles. The molecule has 0 bridgehead atoms. The third-order valence-electron chi connectivity index (χ3n) is 1.29. The molecule has 0 aromatic carbocycles. The van der Waals surface area contributed by atoms with Crippen LogP contribution < -0.4 is 5.73 Å². The van der Waals surface area contributed by atoms with Crippen LogP contribution >= 0.6 is 0 Å². The normalized spacial score (nSPS) is 9.55. The van der Waals surface area contributed by atoms with Crippen LogP contribution in [0.5, 0.6) is 0 Å². The molecule has 1 heterocycles. The van der Waals surface area contributed by atoms with Crippen LogP contribution in [-0.2, 0) is 0 Å². The number of hydrogen-bond donors (Lipinski definition) is 1. The van der Waals surface area contributed by atoms with Crippen LogP contribution in [0, 0.1) is 17.0 Å². The van der Waals surface area contributed by atoms with Crippen molar-refractivity contribution in [3.63, 3.8) is 0 Å². The second-order valence-electron chi connectivity index (χ2n) is 2.15. The molecule has 0 radical (unpaired) electrons. The lowest BCUT2D eigenvalue weighted by atomic mass is 10.2. The third kappa shape index (κ3) is 1.43. The van der Waals surface area contributed by atoms with Gasteiger partial charge in [-0.2, -0.15) is 0 Å². The van der Waals surface area contributed by atoms with Gasteiger partial charge in [0.2, 0.25) is 0 Å². The number of nitrogens with zero attached hydrogens (tertiary/aromatic N) is 2. The smallest absolute Gasteiger partial charge is 0.277 e. The van der Waals surface area contributed by atoms with Crippen molar-refractivity contribution < 1.29 is 4.92 Å². The average Bonchev–Trinajstić information content (AvgIpc) is 1.94. The summed E-state index contributed by atoms with van der Waals surface area (Å²) in [5, 5.41) is 10.3. The molecule has 5 nitrogen and oxygen atoms in total.